The molecular weight excluding hydrogens is 234 g/mol. The van der Waals surface area contributed by atoms with Crippen LogP contribution in [0.4, 0.5) is 5.69 Å². The van der Waals surface area contributed by atoms with Gasteiger partial charge in [-0.05, 0) is 56.2 Å². The van der Waals surface area contributed by atoms with Gasteiger partial charge in [0.1, 0.15) is 5.82 Å². The molecule has 0 spiro atoms. The van der Waals surface area contributed by atoms with Crippen molar-refractivity contribution in [3.05, 3.63) is 47.0 Å². The maximum atomic E-state index is 6.04. The van der Waals surface area contributed by atoms with Crippen molar-refractivity contribution >= 4 is 16.7 Å². The van der Waals surface area contributed by atoms with Gasteiger partial charge in [0.25, 0.3) is 0 Å². The number of hydrogen-bond donors (Lipinski definition) is 2. The second-order valence-corrected chi connectivity index (χ2v) is 5.13. The Morgan fingerprint density at radius 1 is 1.00 bits per heavy atom. The molecule has 3 rings (SSSR count). The van der Waals surface area contributed by atoms with Gasteiger partial charge in [-0.3, -0.25) is 0 Å². The highest BCUT2D eigenvalue weighted by Gasteiger charge is 2.09. The van der Waals surface area contributed by atoms with Crippen LogP contribution in [0.5, 0.6) is 0 Å². The minimum Gasteiger partial charge on any atom is -0.398 e. The number of aromatic nitrogens is 2. The Morgan fingerprint density at radius 3 is 2.53 bits per heavy atom. The Kier molecular flexibility index (Phi) is 2.56. The number of benzene rings is 2. The summed E-state index contributed by atoms with van der Waals surface area (Å²) in [6.07, 6.45) is 0. The van der Waals surface area contributed by atoms with Gasteiger partial charge in [-0.15, -0.1) is 0 Å². The minimum atomic E-state index is 0.748. The number of aromatic amines is 1. The third-order valence-corrected chi connectivity index (χ3v) is 3.56. The van der Waals surface area contributed by atoms with Gasteiger partial charge in [0.15, 0.2) is 0 Å². The zero-order valence-corrected chi connectivity index (χ0v) is 11.4. The summed E-state index contributed by atoms with van der Waals surface area (Å²) in [6.45, 7) is 6.26. The van der Waals surface area contributed by atoms with Crippen molar-refractivity contribution in [1.29, 1.82) is 0 Å². The monoisotopic (exact) mass is 251 g/mol. The fourth-order valence-corrected chi connectivity index (χ4v) is 2.27. The lowest BCUT2D eigenvalue weighted by atomic mass is 10.1. The van der Waals surface area contributed by atoms with Crippen LogP contribution in [0.25, 0.3) is 22.4 Å². The van der Waals surface area contributed by atoms with Crippen LogP contribution in [-0.2, 0) is 0 Å². The number of H-pyrrole nitrogens is 1. The summed E-state index contributed by atoms with van der Waals surface area (Å²) < 4.78 is 0. The molecule has 0 unspecified atom stereocenters. The fourth-order valence-electron chi connectivity index (χ4n) is 2.27. The van der Waals surface area contributed by atoms with Crippen molar-refractivity contribution in [1.82, 2.24) is 9.97 Å². The van der Waals surface area contributed by atoms with E-state index in [1.807, 2.05) is 12.1 Å². The number of nitrogens with zero attached hydrogens (tertiary/aromatic N) is 1. The lowest BCUT2D eigenvalue weighted by molar-refractivity contribution is 1.32. The lowest BCUT2D eigenvalue weighted by Crippen LogP contribution is -1.91. The standard InChI is InChI=1S/C16H17N3/c1-9-4-5-13(17)12(6-9)16-18-14-7-10(2)11(3)8-15(14)19-16/h4-8H,17H2,1-3H3,(H,18,19). The van der Waals surface area contributed by atoms with Crippen LogP contribution in [0, 0.1) is 20.8 Å². The summed E-state index contributed by atoms with van der Waals surface area (Å²) in [6, 6.07) is 10.2. The number of fused-ring (bicyclic) bond motifs is 1. The first-order valence-corrected chi connectivity index (χ1v) is 6.38. The third-order valence-electron chi connectivity index (χ3n) is 3.56. The first-order chi connectivity index (χ1) is 9.04. The van der Waals surface area contributed by atoms with Crippen molar-refractivity contribution in [2.45, 2.75) is 20.8 Å². The van der Waals surface area contributed by atoms with Crippen LogP contribution < -0.4 is 5.73 Å². The largest absolute Gasteiger partial charge is 0.398 e. The van der Waals surface area contributed by atoms with Gasteiger partial charge in [-0.1, -0.05) is 11.6 Å². The molecular formula is C16H17N3. The van der Waals surface area contributed by atoms with E-state index in [2.05, 4.69) is 48.9 Å². The van der Waals surface area contributed by atoms with Gasteiger partial charge < -0.3 is 10.7 Å². The van der Waals surface area contributed by atoms with Gasteiger partial charge in [-0.2, -0.15) is 0 Å². The zero-order chi connectivity index (χ0) is 13.6. The number of hydrogen-bond acceptors (Lipinski definition) is 2. The Labute approximate surface area is 112 Å². The van der Waals surface area contributed by atoms with E-state index in [9.17, 15) is 0 Å². The molecule has 0 radical (unpaired) electrons. The van der Waals surface area contributed by atoms with Gasteiger partial charge in [0, 0.05) is 11.3 Å². The molecule has 3 nitrogen and oxygen atoms in total. The fraction of sp³-hybridized carbons (Fsp3) is 0.188. The smallest absolute Gasteiger partial charge is 0.140 e. The lowest BCUT2D eigenvalue weighted by Gasteiger charge is -2.03. The minimum absolute atomic E-state index is 0.748. The number of imidazole rings is 1. The average Bonchev–Trinajstić information content (AvgIpc) is 2.75. The molecule has 2 aromatic carbocycles. The molecule has 1 aromatic heterocycles. The topological polar surface area (TPSA) is 54.7 Å². The molecule has 0 saturated carbocycles. The quantitative estimate of drug-likeness (QED) is 0.647. The van der Waals surface area contributed by atoms with Crippen LogP contribution >= 0.6 is 0 Å². The predicted molar refractivity (Wildman–Crippen MR) is 80.2 cm³/mol. The Balaban J connectivity index is 2.23. The van der Waals surface area contributed by atoms with Crippen LogP contribution in [-0.4, -0.2) is 9.97 Å². The first-order valence-electron chi connectivity index (χ1n) is 6.38. The summed E-state index contributed by atoms with van der Waals surface area (Å²) in [4.78, 5) is 8.01. The van der Waals surface area contributed by atoms with Crippen LogP contribution in [0.2, 0.25) is 0 Å². The van der Waals surface area contributed by atoms with Crippen LogP contribution in [0.15, 0.2) is 30.3 Å². The molecule has 3 N–H and O–H groups in total. The average molecular weight is 251 g/mol. The number of nitrogens with one attached hydrogen (secondary N) is 1. The molecule has 0 atom stereocenters. The summed E-state index contributed by atoms with van der Waals surface area (Å²) >= 11 is 0. The van der Waals surface area contributed by atoms with E-state index in [0.29, 0.717) is 0 Å². The summed E-state index contributed by atoms with van der Waals surface area (Å²) in [5, 5.41) is 0. The van der Waals surface area contributed by atoms with E-state index >= 15 is 0 Å². The highest BCUT2D eigenvalue weighted by Crippen LogP contribution is 2.27. The molecule has 0 saturated heterocycles. The maximum absolute atomic E-state index is 6.04. The van der Waals surface area contributed by atoms with Crippen LogP contribution in [0.3, 0.4) is 0 Å². The zero-order valence-electron chi connectivity index (χ0n) is 11.4. The molecule has 0 aliphatic heterocycles. The Morgan fingerprint density at radius 2 is 1.74 bits per heavy atom. The summed E-state index contributed by atoms with van der Waals surface area (Å²) in [7, 11) is 0. The number of nitrogens with two attached hydrogens (primary N) is 1. The highest BCUT2D eigenvalue weighted by atomic mass is 14.9. The molecule has 0 aliphatic rings. The second-order valence-electron chi connectivity index (χ2n) is 5.13. The van der Waals surface area contributed by atoms with E-state index in [1.54, 1.807) is 0 Å². The van der Waals surface area contributed by atoms with E-state index in [0.717, 1.165) is 28.1 Å². The predicted octanol–water partition coefficient (Wildman–Crippen LogP) is 3.74. The molecule has 1 heterocycles. The number of anilines is 1. The Hall–Kier alpha value is -2.29. The number of aryl methyl sites for hydroxylation is 3. The molecule has 0 bridgehead atoms. The van der Waals surface area contributed by atoms with Gasteiger partial charge in [-0.25, -0.2) is 4.98 Å². The van der Waals surface area contributed by atoms with E-state index in [4.69, 9.17) is 5.73 Å². The first kappa shape index (κ1) is 11.8. The molecule has 0 amide bonds. The molecule has 96 valence electrons. The van der Waals surface area contributed by atoms with Gasteiger partial charge in [0.05, 0.1) is 11.0 Å². The highest BCUT2D eigenvalue weighted by molar-refractivity contribution is 5.83. The van der Waals surface area contributed by atoms with E-state index in [1.165, 1.54) is 16.7 Å². The molecule has 19 heavy (non-hydrogen) atoms. The normalized spacial score (nSPS) is 11.1. The third kappa shape index (κ3) is 1.97. The second kappa shape index (κ2) is 4.12. The molecule has 0 aliphatic carbocycles. The van der Waals surface area contributed by atoms with Crippen molar-refractivity contribution < 1.29 is 0 Å². The van der Waals surface area contributed by atoms with E-state index < -0.39 is 0 Å². The summed E-state index contributed by atoms with van der Waals surface area (Å²) in [5.74, 6) is 0.834. The number of rotatable bonds is 1. The van der Waals surface area contributed by atoms with Gasteiger partial charge >= 0.3 is 0 Å². The molecule has 3 aromatic rings. The Bertz CT molecular complexity index is 730. The van der Waals surface area contributed by atoms with E-state index in [-0.39, 0.29) is 0 Å². The van der Waals surface area contributed by atoms with Crippen molar-refractivity contribution in [2.75, 3.05) is 5.73 Å². The molecule has 0 fully saturated rings. The van der Waals surface area contributed by atoms with Gasteiger partial charge in [0.2, 0.25) is 0 Å². The number of nitrogen functional groups attached to an aromatic ring is 1. The van der Waals surface area contributed by atoms with Crippen molar-refractivity contribution in [2.24, 2.45) is 0 Å². The van der Waals surface area contributed by atoms with Crippen LogP contribution in [0.1, 0.15) is 16.7 Å². The SMILES string of the molecule is Cc1ccc(N)c(-c2nc3cc(C)c(C)cc3[nH]2)c1. The molecule has 3 heteroatoms. The summed E-state index contributed by atoms with van der Waals surface area (Å²) in [5.41, 5.74) is 13.5. The van der Waals surface area contributed by atoms with Crippen molar-refractivity contribution in [3.63, 3.8) is 0 Å². The maximum Gasteiger partial charge on any atom is 0.140 e. The van der Waals surface area contributed by atoms with Crippen molar-refractivity contribution in [3.8, 4) is 11.4 Å².